The van der Waals surface area contributed by atoms with E-state index in [-0.39, 0.29) is 0 Å². The first-order valence-electron chi connectivity index (χ1n) is 4.90. The molecule has 3 rings (SSSR count). The van der Waals surface area contributed by atoms with Crippen molar-refractivity contribution in [1.82, 2.24) is 0 Å². The van der Waals surface area contributed by atoms with Crippen LogP contribution in [-0.4, -0.2) is 6.54 Å². The van der Waals surface area contributed by atoms with E-state index in [0.29, 0.717) is 0 Å². The quantitative estimate of drug-likeness (QED) is 0.617. The van der Waals surface area contributed by atoms with Gasteiger partial charge in [-0.2, -0.15) is 0 Å². The Morgan fingerprint density at radius 1 is 1.14 bits per heavy atom. The molecule has 70 valence electrons. The largest absolute Gasteiger partial charge is 0.398 e. The molecule has 0 radical (unpaired) electrons. The Balaban J connectivity index is 2.47. The average molecular weight is 184 g/mol. The fourth-order valence-electron chi connectivity index (χ4n) is 2.21. The molecule has 1 heterocycles. The van der Waals surface area contributed by atoms with Crippen molar-refractivity contribution in [2.75, 3.05) is 17.6 Å². The zero-order chi connectivity index (χ0) is 9.54. The number of rotatable bonds is 0. The van der Waals surface area contributed by atoms with Gasteiger partial charge in [-0.1, -0.05) is 24.3 Å². The standard InChI is InChI=1S/C12H12N2/c13-11-7-12-10(5-6-14-12)8-3-1-2-4-9(8)11/h1-4,7,14H,5-6,13H2. The smallest absolute Gasteiger partial charge is 0.0414 e. The second-order valence-electron chi connectivity index (χ2n) is 3.71. The molecule has 0 amide bonds. The molecule has 14 heavy (non-hydrogen) atoms. The molecular formula is C12H12N2. The van der Waals surface area contributed by atoms with E-state index < -0.39 is 0 Å². The van der Waals surface area contributed by atoms with Crippen molar-refractivity contribution < 1.29 is 0 Å². The second-order valence-corrected chi connectivity index (χ2v) is 3.71. The highest BCUT2D eigenvalue weighted by atomic mass is 14.9. The molecule has 0 bridgehead atoms. The molecule has 1 aliphatic heterocycles. The lowest BCUT2D eigenvalue weighted by molar-refractivity contribution is 1.11. The Morgan fingerprint density at radius 2 is 1.93 bits per heavy atom. The second kappa shape index (κ2) is 2.64. The van der Waals surface area contributed by atoms with E-state index in [0.717, 1.165) is 18.7 Å². The minimum absolute atomic E-state index is 0.869. The third kappa shape index (κ3) is 0.909. The van der Waals surface area contributed by atoms with Gasteiger partial charge in [0.25, 0.3) is 0 Å². The summed E-state index contributed by atoms with van der Waals surface area (Å²) in [5.74, 6) is 0. The number of nitrogens with two attached hydrogens (primary N) is 1. The summed E-state index contributed by atoms with van der Waals surface area (Å²) in [6.07, 6.45) is 1.11. The van der Waals surface area contributed by atoms with Crippen LogP contribution in [-0.2, 0) is 6.42 Å². The fraction of sp³-hybridized carbons (Fsp3) is 0.167. The van der Waals surface area contributed by atoms with Crippen molar-refractivity contribution in [2.24, 2.45) is 0 Å². The lowest BCUT2D eigenvalue weighted by Crippen LogP contribution is -1.92. The van der Waals surface area contributed by atoms with E-state index in [1.54, 1.807) is 0 Å². The van der Waals surface area contributed by atoms with Crippen LogP contribution in [0.3, 0.4) is 0 Å². The van der Waals surface area contributed by atoms with Crippen molar-refractivity contribution in [3.63, 3.8) is 0 Å². The summed E-state index contributed by atoms with van der Waals surface area (Å²) in [5.41, 5.74) is 9.48. The van der Waals surface area contributed by atoms with Crippen LogP contribution in [0.5, 0.6) is 0 Å². The van der Waals surface area contributed by atoms with Gasteiger partial charge in [0, 0.05) is 23.3 Å². The van der Waals surface area contributed by atoms with E-state index in [1.165, 1.54) is 22.0 Å². The number of fused-ring (bicyclic) bond motifs is 3. The van der Waals surface area contributed by atoms with Gasteiger partial charge in [0.15, 0.2) is 0 Å². The van der Waals surface area contributed by atoms with Crippen LogP contribution in [0.15, 0.2) is 30.3 Å². The van der Waals surface area contributed by atoms with Crippen LogP contribution in [0.1, 0.15) is 5.56 Å². The van der Waals surface area contributed by atoms with Gasteiger partial charge in [-0.25, -0.2) is 0 Å². The van der Waals surface area contributed by atoms with E-state index in [2.05, 4.69) is 23.5 Å². The minimum atomic E-state index is 0.869. The van der Waals surface area contributed by atoms with Crippen LogP contribution in [0.4, 0.5) is 11.4 Å². The number of anilines is 2. The maximum atomic E-state index is 5.99. The van der Waals surface area contributed by atoms with E-state index in [9.17, 15) is 0 Å². The molecule has 2 aromatic rings. The third-order valence-corrected chi connectivity index (χ3v) is 2.88. The Kier molecular flexibility index (Phi) is 1.45. The first-order chi connectivity index (χ1) is 6.86. The third-order valence-electron chi connectivity index (χ3n) is 2.88. The number of nitrogen functional groups attached to an aromatic ring is 1. The van der Waals surface area contributed by atoms with Gasteiger partial charge in [0.2, 0.25) is 0 Å². The highest BCUT2D eigenvalue weighted by molar-refractivity contribution is 5.99. The summed E-state index contributed by atoms with van der Waals surface area (Å²) in [6.45, 7) is 1.03. The van der Waals surface area contributed by atoms with Gasteiger partial charge in [0.1, 0.15) is 0 Å². The SMILES string of the molecule is Nc1cc2c(c3ccccc13)CCN2. The average Bonchev–Trinajstić information content (AvgIpc) is 2.66. The highest BCUT2D eigenvalue weighted by Crippen LogP contribution is 2.34. The van der Waals surface area contributed by atoms with Gasteiger partial charge in [-0.15, -0.1) is 0 Å². The Labute approximate surface area is 82.7 Å². The summed E-state index contributed by atoms with van der Waals surface area (Å²) >= 11 is 0. The van der Waals surface area contributed by atoms with Gasteiger partial charge in [-0.05, 0) is 23.4 Å². The molecule has 0 atom stereocenters. The molecule has 0 aromatic heterocycles. The van der Waals surface area contributed by atoms with Crippen LogP contribution >= 0.6 is 0 Å². The lowest BCUT2D eigenvalue weighted by Gasteiger charge is -2.07. The van der Waals surface area contributed by atoms with Gasteiger partial charge < -0.3 is 11.1 Å². The summed E-state index contributed by atoms with van der Waals surface area (Å²) in [7, 11) is 0. The predicted molar refractivity (Wildman–Crippen MR) is 60.6 cm³/mol. The molecule has 3 N–H and O–H groups in total. The molecule has 0 saturated heterocycles. The van der Waals surface area contributed by atoms with Gasteiger partial charge in [0.05, 0.1) is 0 Å². The van der Waals surface area contributed by atoms with Crippen LogP contribution < -0.4 is 11.1 Å². The minimum Gasteiger partial charge on any atom is -0.398 e. The highest BCUT2D eigenvalue weighted by Gasteiger charge is 2.14. The number of hydrogen-bond acceptors (Lipinski definition) is 2. The Hall–Kier alpha value is -1.70. The fourth-order valence-corrected chi connectivity index (χ4v) is 2.21. The molecular weight excluding hydrogens is 172 g/mol. The number of benzene rings is 2. The van der Waals surface area contributed by atoms with Crippen molar-refractivity contribution in [2.45, 2.75) is 6.42 Å². The molecule has 0 aliphatic carbocycles. The van der Waals surface area contributed by atoms with E-state index in [1.807, 2.05) is 12.1 Å². The zero-order valence-electron chi connectivity index (χ0n) is 7.88. The van der Waals surface area contributed by atoms with Crippen molar-refractivity contribution in [3.05, 3.63) is 35.9 Å². The summed E-state index contributed by atoms with van der Waals surface area (Å²) in [6, 6.07) is 10.4. The first kappa shape index (κ1) is 7.68. The molecule has 1 aliphatic rings. The van der Waals surface area contributed by atoms with Crippen molar-refractivity contribution in [3.8, 4) is 0 Å². The zero-order valence-corrected chi connectivity index (χ0v) is 7.88. The van der Waals surface area contributed by atoms with Crippen molar-refractivity contribution in [1.29, 1.82) is 0 Å². The lowest BCUT2D eigenvalue weighted by atomic mass is 10.0. The van der Waals surface area contributed by atoms with Crippen LogP contribution in [0, 0.1) is 0 Å². The molecule has 0 spiro atoms. The normalized spacial score (nSPS) is 14.0. The molecule has 0 fully saturated rings. The van der Waals surface area contributed by atoms with Crippen molar-refractivity contribution >= 4 is 22.1 Å². The van der Waals surface area contributed by atoms with Gasteiger partial charge in [-0.3, -0.25) is 0 Å². The number of nitrogens with one attached hydrogen (secondary N) is 1. The van der Waals surface area contributed by atoms with E-state index in [4.69, 9.17) is 5.73 Å². The predicted octanol–water partition coefficient (Wildman–Crippen LogP) is 2.39. The van der Waals surface area contributed by atoms with Crippen LogP contribution in [0.2, 0.25) is 0 Å². The molecule has 2 aromatic carbocycles. The first-order valence-corrected chi connectivity index (χ1v) is 4.90. The monoisotopic (exact) mass is 184 g/mol. The number of hydrogen-bond donors (Lipinski definition) is 2. The molecule has 0 unspecified atom stereocenters. The maximum absolute atomic E-state index is 5.99. The summed E-state index contributed by atoms with van der Waals surface area (Å²) in [4.78, 5) is 0. The summed E-state index contributed by atoms with van der Waals surface area (Å²) in [5, 5.41) is 5.83. The molecule has 2 heteroatoms. The van der Waals surface area contributed by atoms with Gasteiger partial charge >= 0.3 is 0 Å². The Bertz CT molecular complexity index is 503. The van der Waals surface area contributed by atoms with E-state index >= 15 is 0 Å². The summed E-state index contributed by atoms with van der Waals surface area (Å²) < 4.78 is 0. The maximum Gasteiger partial charge on any atom is 0.0414 e. The van der Waals surface area contributed by atoms with Crippen LogP contribution in [0.25, 0.3) is 10.8 Å². The topological polar surface area (TPSA) is 38.0 Å². The Morgan fingerprint density at radius 3 is 2.79 bits per heavy atom. The molecule has 0 saturated carbocycles. The molecule has 2 nitrogen and oxygen atoms in total.